The average molecular weight is 226 g/mol. The third-order valence-electron chi connectivity index (χ3n) is 2.41. The molecule has 0 amide bonds. The molecule has 0 fully saturated rings. The Labute approximate surface area is 97.8 Å². The van der Waals surface area contributed by atoms with Gasteiger partial charge in [-0.3, -0.25) is 0 Å². The van der Waals surface area contributed by atoms with Crippen LogP contribution in [0.2, 0.25) is 5.02 Å². The summed E-state index contributed by atoms with van der Waals surface area (Å²) in [4.78, 5) is 0. The van der Waals surface area contributed by atoms with Gasteiger partial charge in [0.25, 0.3) is 0 Å². The summed E-state index contributed by atoms with van der Waals surface area (Å²) in [7, 11) is 0. The van der Waals surface area contributed by atoms with Crippen LogP contribution in [0.25, 0.3) is 0 Å². The second-order valence-electron chi connectivity index (χ2n) is 4.64. The quantitative estimate of drug-likeness (QED) is 0.796. The summed E-state index contributed by atoms with van der Waals surface area (Å²) in [6.45, 7) is 8.69. The topological polar surface area (TPSA) is 12.0 Å². The zero-order chi connectivity index (χ0) is 11.4. The molecule has 1 aromatic rings. The molecular formula is C13H20ClN. The van der Waals surface area contributed by atoms with E-state index in [9.17, 15) is 0 Å². The van der Waals surface area contributed by atoms with Crippen LogP contribution in [0.3, 0.4) is 0 Å². The van der Waals surface area contributed by atoms with Crippen molar-refractivity contribution < 1.29 is 0 Å². The first-order valence-corrected chi connectivity index (χ1v) is 5.89. The van der Waals surface area contributed by atoms with Gasteiger partial charge in [-0.2, -0.15) is 0 Å². The van der Waals surface area contributed by atoms with Gasteiger partial charge in [0.2, 0.25) is 0 Å². The summed E-state index contributed by atoms with van der Waals surface area (Å²) in [5, 5.41) is 4.29. The van der Waals surface area contributed by atoms with Crippen molar-refractivity contribution in [2.24, 2.45) is 5.92 Å². The SMILES string of the molecule is Cc1ccc(NC(C)CC(C)C)cc1Cl. The molecule has 2 heteroatoms. The maximum atomic E-state index is 6.06. The normalized spacial score (nSPS) is 12.9. The fraction of sp³-hybridized carbons (Fsp3) is 0.538. The monoisotopic (exact) mass is 225 g/mol. The number of hydrogen-bond acceptors (Lipinski definition) is 1. The number of rotatable bonds is 4. The lowest BCUT2D eigenvalue weighted by molar-refractivity contribution is 0.540. The molecule has 15 heavy (non-hydrogen) atoms. The lowest BCUT2D eigenvalue weighted by Gasteiger charge is -2.17. The summed E-state index contributed by atoms with van der Waals surface area (Å²) in [6, 6.07) is 6.61. The van der Waals surface area contributed by atoms with Crippen molar-refractivity contribution in [3.8, 4) is 0 Å². The number of benzene rings is 1. The summed E-state index contributed by atoms with van der Waals surface area (Å²) in [5.74, 6) is 0.716. The Morgan fingerprint density at radius 1 is 1.27 bits per heavy atom. The van der Waals surface area contributed by atoms with Crippen LogP contribution >= 0.6 is 11.6 Å². The minimum atomic E-state index is 0.490. The molecule has 0 saturated carbocycles. The Kier molecular flexibility index (Phi) is 4.46. The Balaban J connectivity index is 2.60. The van der Waals surface area contributed by atoms with E-state index >= 15 is 0 Å². The lowest BCUT2D eigenvalue weighted by Crippen LogP contribution is -2.17. The van der Waals surface area contributed by atoms with Crippen molar-refractivity contribution in [2.45, 2.75) is 40.2 Å². The molecule has 0 radical (unpaired) electrons. The second kappa shape index (κ2) is 5.41. The predicted molar refractivity (Wildman–Crippen MR) is 68.7 cm³/mol. The smallest absolute Gasteiger partial charge is 0.0455 e. The van der Waals surface area contributed by atoms with Crippen LogP contribution in [0.4, 0.5) is 5.69 Å². The van der Waals surface area contributed by atoms with E-state index in [1.165, 1.54) is 6.42 Å². The predicted octanol–water partition coefficient (Wildman–Crippen LogP) is 4.49. The Morgan fingerprint density at radius 3 is 2.47 bits per heavy atom. The van der Waals surface area contributed by atoms with Crippen LogP contribution < -0.4 is 5.32 Å². The molecule has 1 unspecified atom stereocenters. The standard InChI is InChI=1S/C13H20ClN/c1-9(2)7-11(4)15-12-6-5-10(3)13(14)8-12/h5-6,8-9,11,15H,7H2,1-4H3. The first-order chi connectivity index (χ1) is 6.99. The highest BCUT2D eigenvalue weighted by molar-refractivity contribution is 6.31. The van der Waals surface area contributed by atoms with Gasteiger partial charge in [-0.05, 0) is 43.9 Å². The van der Waals surface area contributed by atoms with Gasteiger partial charge in [-0.1, -0.05) is 31.5 Å². The fourth-order valence-corrected chi connectivity index (χ4v) is 1.91. The molecular weight excluding hydrogens is 206 g/mol. The van der Waals surface area contributed by atoms with Crippen LogP contribution in [0.15, 0.2) is 18.2 Å². The number of anilines is 1. The van der Waals surface area contributed by atoms with Crippen LogP contribution in [-0.2, 0) is 0 Å². The van der Waals surface area contributed by atoms with Crippen LogP contribution in [0.1, 0.15) is 32.8 Å². The Morgan fingerprint density at radius 2 is 1.93 bits per heavy atom. The fourth-order valence-electron chi connectivity index (χ4n) is 1.73. The van der Waals surface area contributed by atoms with Gasteiger partial charge in [0.15, 0.2) is 0 Å². The molecule has 0 aliphatic heterocycles. The van der Waals surface area contributed by atoms with E-state index in [2.05, 4.69) is 32.2 Å². The highest BCUT2D eigenvalue weighted by atomic mass is 35.5. The minimum absolute atomic E-state index is 0.490. The first kappa shape index (κ1) is 12.4. The highest BCUT2D eigenvalue weighted by Crippen LogP contribution is 2.21. The number of halogens is 1. The molecule has 0 aromatic heterocycles. The molecule has 1 N–H and O–H groups in total. The molecule has 0 heterocycles. The number of hydrogen-bond donors (Lipinski definition) is 1. The van der Waals surface area contributed by atoms with Gasteiger partial charge in [-0.15, -0.1) is 0 Å². The van der Waals surface area contributed by atoms with E-state index < -0.39 is 0 Å². The zero-order valence-corrected chi connectivity index (χ0v) is 10.7. The molecule has 0 aliphatic rings. The molecule has 0 saturated heterocycles. The summed E-state index contributed by atoms with van der Waals surface area (Å²) in [6.07, 6.45) is 1.17. The largest absolute Gasteiger partial charge is 0.383 e. The minimum Gasteiger partial charge on any atom is -0.383 e. The third-order valence-corrected chi connectivity index (χ3v) is 2.82. The van der Waals surface area contributed by atoms with E-state index in [-0.39, 0.29) is 0 Å². The van der Waals surface area contributed by atoms with Gasteiger partial charge in [-0.25, -0.2) is 0 Å². The van der Waals surface area contributed by atoms with E-state index in [0.29, 0.717) is 12.0 Å². The van der Waals surface area contributed by atoms with Crippen molar-refractivity contribution >= 4 is 17.3 Å². The molecule has 0 bridgehead atoms. The molecule has 1 atom stereocenters. The van der Waals surface area contributed by atoms with Gasteiger partial charge < -0.3 is 5.32 Å². The van der Waals surface area contributed by atoms with Crippen molar-refractivity contribution in [3.63, 3.8) is 0 Å². The van der Waals surface area contributed by atoms with Gasteiger partial charge >= 0.3 is 0 Å². The second-order valence-corrected chi connectivity index (χ2v) is 5.05. The summed E-state index contributed by atoms with van der Waals surface area (Å²) >= 11 is 6.06. The van der Waals surface area contributed by atoms with Crippen LogP contribution in [0.5, 0.6) is 0 Å². The average Bonchev–Trinajstić information content (AvgIpc) is 2.10. The number of aryl methyl sites for hydroxylation is 1. The van der Waals surface area contributed by atoms with Gasteiger partial charge in [0.05, 0.1) is 0 Å². The number of nitrogens with one attached hydrogen (secondary N) is 1. The summed E-state index contributed by atoms with van der Waals surface area (Å²) < 4.78 is 0. The maximum absolute atomic E-state index is 6.06. The molecule has 1 nitrogen and oxygen atoms in total. The molecule has 84 valence electrons. The van der Waals surface area contributed by atoms with Crippen LogP contribution in [0, 0.1) is 12.8 Å². The Hall–Kier alpha value is -0.690. The lowest BCUT2D eigenvalue weighted by atomic mass is 10.0. The van der Waals surface area contributed by atoms with Gasteiger partial charge in [0.1, 0.15) is 0 Å². The molecule has 1 aromatic carbocycles. The zero-order valence-electron chi connectivity index (χ0n) is 9.97. The van der Waals surface area contributed by atoms with Gasteiger partial charge in [0, 0.05) is 16.8 Å². The van der Waals surface area contributed by atoms with E-state index in [1.54, 1.807) is 0 Å². The van der Waals surface area contributed by atoms with Crippen molar-refractivity contribution in [2.75, 3.05) is 5.32 Å². The van der Waals surface area contributed by atoms with Crippen LogP contribution in [-0.4, -0.2) is 6.04 Å². The molecule has 0 spiro atoms. The van der Waals surface area contributed by atoms with E-state index in [0.717, 1.165) is 16.3 Å². The molecule has 1 rings (SSSR count). The van der Waals surface area contributed by atoms with E-state index in [1.807, 2.05) is 19.1 Å². The first-order valence-electron chi connectivity index (χ1n) is 5.51. The summed E-state index contributed by atoms with van der Waals surface area (Å²) in [5.41, 5.74) is 2.23. The third kappa shape index (κ3) is 4.13. The Bertz CT molecular complexity index is 320. The highest BCUT2D eigenvalue weighted by Gasteiger charge is 2.05. The van der Waals surface area contributed by atoms with E-state index in [4.69, 9.17) is 11.6 Å². The molecule has 0 aliphatic carbocycles. The van der Waals surface area contributed by atoms with Crippen molar-refractivity contribution in [1.82, 2.24) is 0 Å². The van der Waals surface area contributed by atoms with Crippen molar-refractivity contribution in [3.05, 3.63) is 28.8 Å². The maximum Gasteiger partial charge on any atom is 0.0455 e. The van der Waals surface area contributed by atoms with Crippen molar-refractivity contribution in [1.29, 1.82) is 0 Å².